The standard InChI is InChI=1S/C9H8F2O3.Na/c1-6-2-4-7(5-3-6)14-9(10,11)8(12)13;/h2-5H,1H3,(H,12,13);/q;+1/p-1. The van der Waals surface area contributed by atoms with Crippen LogP contribution in [0.5, 0.6) is 5.75 Å². The van der Waals surface area contributed by atoms with Crippen LogP contribution in [-0.2, 0) is 4.79 Å². The monoisotopic (exact) mass is 224 g/mol. The van der Waals surface area contributed by atoms with Crippen LogP contribution >= 0.6 is 0 Å². The summed E-state index contributed by atoms with van der Waals surface area (Å²) in [7, 11) is 0. The van der Waals surface area contributed by atoms with Gasteiger partial charge in [0.2, 0.25) is 0 Å². The Morgan fingerprint density at radius 3 is 2.20 bits per heavy atom. The number of hydrogen-bond donors (Lipinski definition) is 0. The predicted molar refractivity (Wildman–Crippen MR) is 41.8 cm³/mol. The summed E-state index contributed by atoms with van der Waals surface area (Å²) < 4.78 is 28.8. The van der Waals surface area contributed by atoms with Crippen molar-refractivity contribution in [1.29, 1.82) is 0 Å². The summed E-state index contributed by atoms with van der Waals surface area (Å²) >= 11 is 0. The van der Waals surface area contributed by atoms with E-state index in [4.69, 9.17) is 0 Å². The van der Waals surface area contributed by atoms with Gasteiger partial charge < -0.3 is 14.6 Å². The Morgan fingerprint density at radius 2 is 1.80 bits per heavy atom. The van der Waals surface area contributed by atoms with Crippen LogP contribution in [0.2, 0.25) is 0 Å². The van der Waals surface area contributed by atoms with Gasteiger partial charge in [-0.1, -0.05) is 17.7 Å². The van der Waals surface area contributed by atoms with Crippen molar-refractivity contribution in [3.8, 4) is 5.75 Å². The Balaban J connectivity index is 0.00000196. The van der Waals surface area contributed by atoms with Crippen LogP contribution in [0.3, 0.4) is 0 Å². The molecular formula is C9H7F2NaO3. The Kier molecular flexibility index (Phi) is 5.20. The first-order valence-electron chi connectivity index (χ1n) is 3.77. The number of rotatable bonds is 3. The van der Waals surface area contributed by atoms with Gasteiger partial charge in [-0.25, -0.2) is 0 Å². The minimum atomic E-state index is -4.30. The number of alkyl halides is 2. The van der Waals surface area contributed by atoms with Gasteiger partial charge in [-0.3, -0.25) is 0 Å². The molecule has 1 rings (SSSR count). The number of aryl methyl sites for hydroxylation is 1. The third-order valence-corrected chi connectivity index (χ3v) is 1.50. The van der Waals surface area contributed by atoms with Crippen molar-refractivity contribution in [2.75, 3.05) is 0 Å². The van der Waals surface area contributed by atoms with E-state index in [1.807, 2.05) is 0 Å². The first kappa shape index (κ1) is 14.3. The van der Waals surface area contributed by atoms with Crippen molar-refractivity contribution in [2.45, 2.75) is 13.0 Å². The van der Waals surface area contributed by atoms with E-state index in [2.05, 4.69) is 4.74 Å². The summed E-state index contributed by atoms with van der Waals surface area (Å²) in [6, 6.07) is 5.57. The van der Waals surface area contributed by atoms with Crippen LogP contribution in [0.1, 0.15) is 5.56 Å². The van der Waals surface area contributed by atoms with Gasteiger partial charge in [0.05, 0.1) is 0 Å². The molecular weight excluding hydrogens is 217 g/mol. The second-order valence-electron chi connectivity index (χ2n) is 2.72. The molecule has 0 aromatic heterocycles. The van der Waals surface area contributed by atoms with Gasteiger partial charge in [-0.2, -0.15) is 8.78 Å². The molecule has 0 bridgehead atoms. The average molecular weight is 224 g/mol. The fourth-order valence-corrected chi connectivity index (χ4v) is 0.796. The quantitative estimate of drug-likeness (QED) is 0.543. The smallest absolute Gasteiger partial charge is 0.541 e. The van der Waals surface area contributed by atoms with Crippen molar-refractivity contribution in [2.24, 2.45) is 0 Å². The van der Waals surface area contributed by atoms with E-state index in [1.54, 1.807) is 6.92 Å². The molecule has 0 atom stereocenters. The zero-order chi connectivity index (χ0) is 10.8. The maximum atomic E-state index is 12.4. The third kappa shape index (κ3) is 4.15. The molecule has 0 spiro atoms. The molecule has 1 aromatic carbocycles. The van der Waals surface area contributed by atoms with Crippen LogP contribution in [0.4, 0.5) is 8.78 Å². The molecule has 1 aromatic rings. The summed E-state index contributed by atoms with van der Waals surface area (Å²) in [4.78, 5) is 9.91. The second-order valence-corrected chi connectivity index (χ2v) is 2.72. The van der Waals surface area contributed by atoms with E-state index in [0.29, 0.717) is 0 Å². The van der Waals surface area contributed by atoms with E-state index in [-0.39, 0.29) is 35.3 Å². The SMILES string of the molecule is Cc1ccc(OC(F)(F)C(=O)[O-])cc1.[Na+]. The number of carboxylic acid groups (broad SMARTS) is 1. The molecule has 0 fully saturated rings. The van der Waals surface area contributed by atoms with Crippen LogP contribution in [0.25, 0.3) is 0 Å². The summed E-state index contributed by atoms with van der Waals surface area (Å²) in [6.07, 6.45) is -4.30. The minimum Gasteiger partial charge on any atom is -0.541 e. The number of halogens is 2. The second kappa shape index (κ2) is 5.44. The third-order valence-electron chi connectivity index (χ3n) is 1.50. The number of aliphatic carboxylic acids is 1. The summed E-state index contributed by atoms with van der Waals surface area (Å²) in [5.74, 6) is -2.78. The van der Waals surface area contributed by atoms with Crippen LogP contribution in [-0.4, -0.2) is 12.1 Å². The van der Waals surface area contributed by atoms with E-state index in [0.717, 1.165) is 5.56 Å². The zero-order valence-corrected chi connectivity index (χ0v) is 10.3. The predicted octanol–water partition coefficient (Wildman–Crippen LogP) is -2.28. The zero-order valence-electron chi connectivity index (χ0n) is 8.29. The Hall–Kier alpha value is -0.650. The number of ether oxygens (including phenoxy) is 1. The maximum Gasteiger partial charge on any atom is 1.00 e. The number of carbonyl (C=O) groups excluding carboxylic acids is 1. The van der Waals surface area contributed by atoms with Gasteiger partial charge in [0, 0.05) is 0 Å². The normalized spacial score (nSPS) is 10.3. The van der Waals surface area contributed by atoms with E-state index in [9.17, 15) is 18.7 Å². The van der Waals surface area contributed by atoms with Crippen molar-refractivity contribution in [1.82, 2.24) is 0 Å². The Morgan fingerprint density at radius 1 is 1.33 bits per heavy atom. The van der Waals surface area contributed by atoms with Crippen molar-refractivity contribution in [3.63, 3.8) is 0 Å². The molecule has 76 valence electrons. The molecule has 0 radical (unpaired) electrons. The molecule has 0 aliphatic rings. The van der Waals surface area contributed by atoms with Crippen molar-refractivity contribution in [3.05, 3.63) is 29.8 Å². The average Bonchev–Trinajstić information content (AvgIpc) is 2.08. The van der Waals surface area contributed by atoms with Gasteiger partial charge in [0.1, 0.15) is 5.75 Å². The molecule has 0 saturated heterocycles. The number of carbonyl (C=O) groups is 1. The molecule has 0 aliphatic carbocycles. The van der Waals surface area contributed by atoms with Gasteiger partial charge in [-0.15, -0.1) is 0 Å². The molecule has 0 heterocycles. The fourth-order valence-electron chi connectivity index (χ4n) is 0.796. The number of carboxylic acids is 1. The van der Waals surface area contributed by atoms with Gasteiger partial charge in [0.25, 0.3) is 0 Å². The molecule has 0 saturated carbocycles. The molecule has 0 N–H and O–H groups in total. The molecule has 3 nitrogen and oxygen atoms in total. The summed E-state index contributed by atoms with van der Waals surface area (Å²) in [6.45, 7) is 1.76. The van der Waals surface area contributed by atoms with Crippen LogP contribution in [0.15, 0.2) is 24.3 Å². The first-order valence-corrected chi connectivity index (χ1v) is 3.77. The number of hydrogen-bond acceptors (Lipinski definition) is 3. The van der Waals surface area contributed by atoms with Crippen LogP contribution in [0, 0.1) is 6.92 Å². The van der Waals surface area contributed by atoms with Crippen molar-refractivity contribution < 1.29 is 53.0 Å². The maximum absolute atomic E-state index is 12.4. The summed E-state index contributed by atoms with van der Waals surface area (Å²) in [5.41, 5.74) is 0.856. The van der Waals surface area contributed by atoms with E-state index >= 15 is 0 Å². The fraction of sp³-hybridized carbons (Fsp3) is 0.222. The van der Waals surface area contributed by atoms with Gasteiger partial charge in [-0.05, 0) is 19.1 Å². The number of benzene rings is 1. The topological polar surface area (TPSA) is 49.4 Å². The van der Waals surface area contributed by atoms with E-state index < -0.39 is 12.1 Å². The Bertz CT molecular complexity index is 338. The summed E-state index contributed by atoms with van der Waals surface area (Å²) in [5, 5.41) is 9.91. The molecule has 6 heteroatoms. The molecule has 15 heavy (non-hydrogen) atoms. The molecule has 0 amide bonds. The Labute approximate surface area is 107 Å². The minimum absolute atomic E-state index is 0. The molecule has 0 aliphatic heterocycles. The van der Waals surface area contributed by atoms with Crippen molar-refractivity contribution >= 4 is 5.97 Å². The van der Waals surface area contributed by atoms with Gasteiger partial charge in [0.15, 0.2) is 5.97 Å². The van der Waals surface area contributed by atoms with E-state index in [1.165, 1.54) is 24.3 Å². The first-order chi connectivity index (χ1) is 6.42. The molecule has 0 unspecified atom stereocenters. The van der Waals surface area contributed by atoms with Gasteiger partial charge >= 0.3 is 35.7 Å². The van der Waals surface area contributed by atoms with Crippen LogP contribution < -0.4 is 39.4 Å². The largest absolute Gasteiger partial charge is 1.00 e.